The van der Waals surface area contributed by atoms with Crippen molar-refractivity contribution in [3.05, 3.63) is 76.0 Å². The third-order valence-electron chi connectivity index (χ3n) is 4.83. The average Bonchev–Trinajstić information content (AvgIpc) is 3.23. The standard InChI is InChI=1S/C23H25FN2O3S/c1-4-16(2)26(23(27)17-9-11-18(24)12-10-17)13-19-15-30-22(25-19)14-29-21-8-6-5-7-20(21)28-3/h5-12,15-16H,4,13-14H2,1-3H3. The molecule has 7 heteroatoms. The van der Waals surface area contributed by atoms with Gasteiger partial charge in [-0.25, -0.2) is 9.37 Å². The largest absolute Gasteiger partial charge is 0.493 e. The Labute approximate surface area is 180 Å². The maximum atomic E-state index is 13.2. The van der Waals surface area contributed by atoms with Crippen LogP contribution in [0.15, 0.2) is 53.9 Å². The molecule has 0 fully saturated rings. The third-order valence-corrected chi connectivity index (χ3v) is 5.70. The van der Waals surface area contributed by atoms with Gasteiger partial charge in [0.15, 0.2) is 11.5 Å². The van der Waals surface area contributed by atoms with E-state index in [1.165, 1.54) is 35.6 Å². The zero-order chi connectivity index (χ0) is 21.5. The first-order chi connectivity index (χ1) is 14.5. The van der Waals surface area contributed by atoms with Crippen LogP contribution in [0.25, 0.3) is 0 Å². The van der Waals surface area contributed by atoms with Crippen LogP contribution in [0.5, 0.6) is 11.5 Å². The van der Waals surface area contributed by atoms with E-state index in [-0.39, 0.29) is 17.8 Å². The minimum Gasteiger partial charge on any atom is -0.493 e. The molecule has 0 N–H and O–H groups in total. The van der Waals surface area contributed by atoms with Crippen molar-refractivity contribution >= 4 is 17.2 Å². The van der Waals surface area contributed by atoms with Crippen LogP contribution >= 0.6 is 11.3 Å². The van der Waals surface area contributed by atoms with Gasteiger partial charge in [-0.2, -0.15) is 0 Å². The van der Waals surface area contributed by atoms with E-state index in [0.717, 1.165) is 17.1 Å². The van der Waals surface area contributed by atoms with Gasteiger partial charge < -0.3 is 14.4 Å². The SMILES string of the molecule is CCC(C)N(Cc1csc(COc2ccccc2OC)n1)C(=O)c1ccc(F)cc1. The van der Waals surface area contributed by atoms with Crippen molar-refractivity contribution in [3.8, 4) is 11.5 Å². The van der Waals surface area contributed by atoms with Crippen LogP contribution < -0.4 is 9.47 Å². The number of thiazole rings is 1. The van der Waals surface area contributed by atoms with E-state index in [0.29, 0.717) is 30.2 Å². The number of hydrogen-bond donors (Lipinski definition) is 0. The summed E-state index contributed by atoms with van der Waals surface area (Å²) in [6, 6.07) is 13.1. The topological polar surface area (TPSA) is 51.7 Å². The smallest absolute Gasteiger partial charge is 0.254 e. The molecule has 1 aromatic heterocycles. The molecule has 3 rings (SSSR count). The van der Waals surface area contributed by atoms with Crippen LogP contribution in [0.1, 0.15) is 41.3 Å². The first kappa shape index (κ1) is 21.8. The molecule has 158 valence electrons. The fourth-order valence-electron chi connectivity index (χ4n) is 2.95. The minimum absolute atomic E-state index is 0.0255. The van der Waals surface area contributed by atoms with Crippen molar-refractivity contribution in [1.82, 2.24) is 9.88 Å². The minimum atomic E-state index is -0.360. The Morgan fingerprint density at radius 2 is 1.87 bits per heavy atom. The first-order valence-electron chi connectivity index (χ1n) is 9.77. The van der Waals surface area contributed by atoms with Crippen molar-refractivity contribution in [2.75, 3.05) is 7.11 Å². The quantitative estimate of drug-likeness (QED) is 0.463. The molecule has 1 unspecified atom stereocenters. The molecule has 0 aliphatic rings. The van der Waals surface area contributed by atoms with Crippen molar-refractivity contribution in [2.24, 2.45) is 0 Å². The Hall–Kier alpha value is -2.93. The molecule has 0 bridgehead atoms. The monoisotopic (exact) mass is 428 g/mol. The number of aromatic nitrogens is 1. The highest BCUT2D eigenvalue weighted by atomic mass is 32.1. The summed E-state index contributed by atoms with van der Waals surface area (Å²) in [5, 5.41) is 2.75. The van der Waals surface area contributed by atoms with Gasteiger partial charge in [0.05, 0.1) is 19.3 Å². The van der Waals surface area contributed by atoms with Gasteiger partial charge in [0.1, 0.15) is 17.4 Å². The highest BCUT2D eigenvalue weighted by molar-refractivity contribution is 7.09. The Morgan fingerprint density at radius 3 is 2.53 bits per heavy atom. The maximum absolute atomic E-state index is 13.2. The summed E-state index contributed by atoms with van der Waals surface area (Å²) < 4.78 is 24.3. The Morgan fingerprint density at radius 1 is 1.17 bits per heavy atom. The molecule has 0 saturated carbocycles. The van der Waals surface area contributed by atoms with Crippen LogP contribution in [0.3, 0.4) is 0 Å². The zero-order valence-electron chi connectivity index (χ0n) is 17.3. The molecule has 0 aliphatic carbocycles. The van der Waals surface area contributed by atoms with Gasteiger partial charge in [0.2, 0.25) is 0 Å². The van der Waals surface area contributed by atoms with Crippen LogP contribution in [-0.4, -0.2) is 28.9 Å². The Kier molecular flexibility index (Phi) is 7.41. The number of halogens is 1. The fraction of sp³-hybridized carbons (Fsp3) is 0.304. The summed E-state index contributed by atoms with van der Waals surface area (Å²) in [7, 11) is 1.60. The molecular weight excluding hydrogens is 403 g/mol. The maximum Gasteiger partial charge on any atom is 0.254 e. The van der Waals surface area contributed by atoms with Gasteiger partial charge in [0.25, 0.3) is 5.91 Å². The predicted octanol–water partition coefficient (Wildman–Crippen LogP) is 5.31. The number of ether oxygens (including phenoxy) is 2. The van der Waals surface area contributed by atoms with Crippen LogP contribution in [0, 0.1) is 5.82 Å². The van der Waals surface area contributed by atoms with Gasteiger partial charge in [-0.05, 0) is 49.7 Å². The van der Waals surface area contributed by atoms with E-state index in [1.54, 1.807) is 12.0 Å². The Balaban J connectivity index is 1.69. The van der Waals surface area contributed by atoms with E-state index >= 15 is 0 Å². The van der Waals surface area contributed by atoms with E-state index in [9.17, 15) is 9.18 Å². The number of nitrogens with zero attached hydrogens (tertiary/aromatic N) is 2. The Bertz CT molecular complexity index is 975. The zero-order valence-corrected chi connectivity index (χ0v) is 18.1. The lowest BCUT2D eigenvalue weighted by molar-refractivity contribution is 0.0669. The summed E-state index contributed by atoms with van der Waals surface area (Å²) in [5.41, 5.74) is 1.26. The number of rotatable bonds is 9. The van der Waals surface area contributed by atoms with E-state index in [1.807, 2.05) is 43.5 Å². The fourth-order valence-corrected chi connectivity index (χ4v) is 3.64. The molecule has 30 heavy (non-hydrogen) atoms. The highest BCUT2D eigenvalue weighted by Crippen LogP contribution is 2.27. The normalized spacial score (nSPS) is 11.7. The highest BCUT2D eigenvalue weighted by Gasteiger charge is 2.22. The van der Waals surface area contributed by atoms with Crippen LogP contribution in [0.2, 0.25) is 0 Å². The number of amides is 1. The molecule has 5 nitrogen and oxygen atoms in total. The summed E-state index contributed by atoms with van der Waals surface area (Å²) in [5.74, 6) is 0.830. The van der Waals surface area contributed by atoms with Crippen molar-refractivity contribution in [1.29, 1.82) is 0 Å². The second kappa shape index (κ2) is 10.2. The molecule has 1 amide bonds. The van der Waals surface area contributed by atoms with E-state index < -0.39 is 0 Å². The summed E-state index contributed by atoms with van der Waals surface area (Å²) >= 11 is 1.49. The summed E-state index contributed by atoms with van der Waals surface area (Å²) in [6.45, 7) is 4.74. The molecule has 0 saturated heterocycles. The summed E-state index contributed by atoms with van der Waals surface area (Å²) in [6.07, 6.45) is 0.806. The van der Waals surface area contributed by atoms with Gasteiger partial charge in [-0.1, -0.05) is 19.1 Å². The molecule has 1 heterocycles. The average molecular weight is 429 g/mol. The van der Waals surface area contributed by atoms with Gasteiger partial charge >= 0.3 is 0 Å². The first-order valence-corrected chi connectivity index (χ1v) is 10.7. The van der Waals surface area contributed by atoms with Crippen molar-refractivity contribution in [2.45, 2.75) is 39.5 Å². The lowest BCUT2D eigenvalue weighted by Gasteiger charge is -2.28. The number of carbonyl (C=O) groups excluding carboxylic acids is 1. The molecular formula is C23H25FN2O3S. The number of benzene rings is 2. The van der Waals surface area contributed by atoms with Crippen molar-refractivity contribution < 1.29 is 18.7 Å². The second-order valence-corrected chi connectivity index (χ2v) is 7.81. The van der Waals surface area contributed by atoms with E-state index in [4.69, 9.17) is 9.47 Å². The molecule has 2 aromatic carbocycles. The summed E-state index contributed by atoms with van der Waals surface area (Å²) in [4.78, 5) is 19.4. The van der Waals surface area contributed by atoms with Gasteiger partial charge in [-0.15, -0.1) is 11.3 Å². The van der Waals surface area contributed by atoms with Crippen LogP contribution in [-0.2, 0) is 13.2 Å². The molecule has 3 aromatic rings. The van der Waals surface area contributed by atoms with Crippen molar-refractivity contribution in [3.63, 3.8) is 0 Å². The number of methoxy groups -OCH3 is 1. The molecule has 0 aliphatic heterocycles. The van der Waals surface area contributed by atoms with Gasteiger partial charge in [0, 0.05) is 17.0 Å². The molecule has 1 atom stereocenters. The number of carbonyl (C=O) groups is 1. The molecule has 0 spiro atoms. The lowest BCUT2D eigenvalue weighted by Crippen LogP contribution is -2.37. The predicted molar refractivity (Wildman–Crippen MR) is 115 cm³/mol. The van der Waals surface area contributed by atoms with E-state index in [2.05, 4.69) is 4.98 Å². The second-order valence-electron chi connectivity index (χ2n) is 6.87. The number of hydrogen-bond acceptors (Lipinski definition) is 5. The molecule has 0 radical (unpaired) electrons. The lowest BCUT2D eigenvalue weighted by atomic mass is 10.1. The third kappa shape index (κ3) is 5.36. The number of para-hydroxylation sites is 2. The van der Waals surface area contributed by atoms with Gasteiger partial charge in [-0.3, -0.25) is 4.79 Å². The van der Waals surface area contributed by atoms with Crippen LogP contribution in [0.4, 0.5) is 4.39 Å².